The first-order chi connectivity index (χ1) is 28.3. The van der Waals surface area contributed by atoms with Crippen molar-refractivity contribution >= 4 is 29.9 Å². The molecule has 1 aliphatic heterocycles. The van der Waals surface area contributed by atoms with Crippen molar-refractivity contribution in [3.05, 3.63) is 52.7 Å². The van der Waals surface area contributed by atoms with Gasteiger partial charge in [0.05, 0.1) is 43.4 Å². The highest BCUT2D eigenvalue weighted by atomic mass is 16.6. The van der Waals surface area contributed by atoms with Crippen molar-refractivity contribution < 1.29 is 58.6 Å². The molecule has 5 aliphatic rings. The summed E-state index contributed by atoms with van der Waals surface area (Å²) in [5.74, 6) is -3.00. The van der Waals surface area contributed by atoms with Crippen molar-refractivity contribution in [1.82, 2.24) is 5.32 Å². The average molecular weight is 852 g/mol. The molecular formula is C48H69NO12. The van der Waals surface area contributed by atoms with Crippen LogP contribution in [0, 0.1) is 39.4 Å². The number of rotatable bonds is 11. The standard InChI is InChI=1S/C48H69NO12/c1-27(50)59-34-24-46(7)32-23-36(51)48(9)30(29-16-19-37(44(4,5)56)60-41(29)54)20-21-47(48,8)31(32)17-18-35(46)43(2,3)40(34)61-39(53)26-45(6,57)25-38(52)49-33(42(55)58-10)22-28-14-12-11-13-15-28/h11-15,22,29-30,34-37,40-41,51,54,56-57H,16-21,23-26H2,1-10H3,(H,49,52)/t29-,30-,34-,35+,36+,37-,40+,41+,45-,46-,47+,48+/m1/s1. The molecule has 5 N–H and O–H groups in total. The lowest BCUT2D eigenvalue weighted by Crippen LogP contribution is -2.63. The normalized spacial score (nSPS) is 37.0. The second kappa shape index (κ2) is 16.8. The molecule has 61 heavy (non-hydrogen) atoms. The third-order valence-corrected chi connectivity index (χ3v) is 15.9. The van der Waals surface area contributed by atoms with Crippen molar-refractivity contribution in [1.29, 1.82) is 0 Å². The Hall–Kier alpha value is -3.62. The summed E-state index contributed by atoms with van der Waals surface area (Å²) >= 11 is 0. The Morgan fingerprint density at radius 2 is 1.59 bits per heavy atom. The Bertz CT molecular complexity index is 1920. The van der Waals surface area contributed by atoms with E-state index >= 15 is 0 Å². The Morgan fingerprint density at radius 1 is 0.918 bits per heavy atom. The van der Waals surface area contributed by atoms with Gasteiger partial charge in [0.15, 0.2) is 6.29 Å². The molecule has 13 heteroatoms. The number of carbonyl (C=O) groups excluding carboxylic acids is 4. The predicted octanol–water partition coefficient (Wildman–Crippen LogP) is 5.91. The van der Waals surface area contributed by atoms with Crippen LogP contribution in [0.2, 0.25) is 0 Å². The molecule has 1 heterocycles. The molecule has 0 unspecified atom stereocenters. The number of methoxy groups -OCH3 is 1. The Balaban J connectivity index is 1.21. The molecule has 0 bridgehead atoms. The zero-order chi connectivity index (χ0) is 45.1. The van der Waals surface area contributed by atoms with E-state index in [1.54, 1.807) is 38.1 Å². The number of nitrogens with one attached hydrogen (secondary N) is 1. The number of hydrogen-bond acceptors (Lipinski definition) is 12. The van der Waals surface area contributed by atoms with Gasteiger partial charge in [-0.15, -0.1) is 0 Å². The van der Waals surface area contributed by atoms with Crippen LogP contribution in [0.5, 0.6) is 0 Å². The number of aliphatic hydroxyl groups is 4. The first-order valence-electron chi connectivity index (χ1n) is 22.0. The van der Waals surface area contributed by atoms with Crippen molar-refractivity contribution in [2.24, 2.45) is 39.4 Å². The topological polar surface area (TPSA) is 198 Å². The van der Waals surface area contributed by atoms with Crippen molar-refractivity contribution in [3.63, 3.8) is 0 Å². The van der Waals surface area contributed by atoms with E-state index in [0.29, 0.717) is 31.2 Å². The molecule has 6 rings (SSSR count). The fourth-order valence-electron chi connectivity index (χ4n) is 12.9. The van der Waals surface area contributed by atoms with E-state index in [4.69, 9.17) is 18.9 Å². The maximum atomic E-state index is 13.8. The molecule has 1 aromatic carbocycles. The highest BCUT2D eigenvalue weighted by Gasteiger charge is 2.69. The predicted molar refractivity (Wildman–Crippen MR) is 226 cm³/mol. The van der Waals surface area contributed by atoms with Crippen molar-refractivity contribution in [2.75, 3.05) is 7.11 Å². The summed E-state index contributed by atoms with van der Waals surface area (Å²) in [6.45, 7) is 16.8. The first-order valence-corrected chi connectivity index (χ1v) is 22.0. The number of hydrogen-bond donors (Lipinski definition) is 5. The van der Waals surface area contributed by atoms with Gasteiger partial charge < -0.3 is 44.7 Å². The van der Waals surface area contributed by atoms with E-state index in [1.165, 1.54) is 38.2 Å². The summed E-state index contributed by atoms with van der Waals surface area (Å²) in [4.78, 5) is 52.2. The first kappa shape index (κ1) is 46.9. The van der Waals surface area contributed by atoms with Gasteiger partial charge in [0.25, 0.3) is 0 Å². The minimum atomic E-state index is -1.86. The van der Waals surface area contributed by atoms with E-state index < -0.39 is 94.8 Å². The van der Waals surface area contributed by atoms with Crippen LogP contribution in [0.25, 0.3) is 6.08 Å². The Morgan fingerprint density at radius 3 is 2.20 bits per heavy atom. The van der Waals surface area contributed by atoms with Crippen LogP contribution in [0.3, 0.4) is 0 Å². The second-order valence-electron chi connectivity index (χ2n) is 20.8. The SMILES string of the molecule is COC(=O)C(=Cc1ccccc1)NC(=O)C[C@@](C)(O)CC(=O)O[C@H]1[C@H](OC(C)=O)C[C@]2(C)C3=C(CC[C@H]2C1(C)C)[C@]1(C)CC[C@H]([C@H]2CC[C@H](C(C)(C)O)O[C@@H]2O)[C@@]1(C)[C@@H](O)C3. The molecule has 0 radical (unpaired) electrons. The van der Waals surface area contributed by atoms with Gasteiger partial charge in [-0.05, 0) is 106 Å². The van der Waals surface area contributed by atoms with Gasteiger partial charge in [-0.1, -0.05) is 76.1 Å². The lowest BCUT2D eigenvalue weighted by atomic mass is 9.42. The van der Waals surface area contributed by atoms with E-state index in [1.807, 2.05) is 19.9 Å². The quantitative estimate of drug-likeness (QED) is 0.0766. The van der Waals surface area contributed by atoms with E-state index in [-0.39, 0.29) is 28.9 Å². The number of esters is 3. The summed E-state index contributed by atoms with van der Waals surface area (Å²) < 4.78 is 23.1. The number of aliphatic hydroxyl groups excluding tert-OH is 2. The summed E-state index contributed by atoms with van der Waals surface area (Å²) in [6, 6.07) is 8.86. The van der Waals surface area contributed by atoms with E-state index in [9.17, 15) is 39.6 Å². The molecular weight excluding hydrogens is 783 g/mol. The number of amides is 1. The molecule has 13 nitrogen and oxygen atoms in total. The molecule has 338 valence electrons. The van der Waals surface area contributed by atoms with Crippen LogP contribution >= 0.6 is 0 Å². The summed E-state index contributed by atoms with van der Waals surface area (Å²) in [5.41, 5.74) is -2.09. The maximum absolute atomic E-state index is 13.8. The van der Waals surface area contributed by atoms with Crippen molar-refractivity contribution in [3.8, 4) is 0 Å². The minimum absolute atomic E-state index is 0.00541. The molecule has 1 saturated heterocycles. The minimum Gasteiger partial charge on any atom is -0.464 e. The highest BCUT2D eigenvalue weighted by Crippen LogP contribution is 2.73. The number of fused-ring (bicyclic) bond motifs is 4. The number of ether oxygens (including phenoxy) is 4. The van der Waals surface area contributed by atoms with Gasteiger partial charge in [-0.2, -0.15) is 0 Å². The molecule has 1 amide bonds. The van der Waals surface area contributed by atoms with Crippen molar-refractivity contribution in [2.45, 2.75) is 168 Å². The summed E-state index contributed by atoms with van der Waals surface area (Å²) in [7, 11) is 1.19. The largest absolute Gasteiger partial charge is 0.464 e. The molecule has 0 spiro atoms. The van der Waals surface area contributed by atoms with Crippen LogP contribution < -0.4 is 5.32 Å². The number of carbonyl (C=O) groups is 4. The average Bonchev–Trinajstić information content (AvgIpc) is 3.44. The highest BCUT2D eigenvalue weighted by molar-refractivity contribution is 5.98. The van der Waals surface area contributed by atoms with Crippen LogP contribution in [0.15, 0.2) is 47.2 Å². The zero-order valence-electron chi connectivity index (χ0n) is 37.7. The van der Waals surface area contributed by atoms with E-state index in [0.717, 1.165) is 25.7 Å². The number of allylic oxidation sites excluding steroid dienone is 1. The fourth-order valence-corrected chi connectivity index (χ4v) is 12.9. The molecule has 2 saturated carbocycles. The van der Waals surface area contributed by atoms with Gasteiger partial charge in [-0.3, -0.25) is 14.4 Å². The van der Waals surface area contributed by atoms with Crippen LogP contribution in [0.1, 0.15) is 132 Å². The molecule has 0 aromatic heterocycles. The third kappa shape index (κ3) is 8.71. The summed E-state index contributed by atoms with van der Waals surface area (Å²) in [5, 5.41) is 48.3. The fraction of sp³-hybridized carbons (Fsp3) is 0.708. The van der Waals surface area contributed by atoms with Gasteiger partial charge in [-0.25, -0.2) is 4.79 Å². The molecule has 3 fully saturated rings. The third-order valence-electron chi connectivity index (χ3n) is 15.9. The molecule has 12 atom stereocenters. The van der Waals surface area contributed by atoms with Gasteiger partial charge in [0, 0.05) is 23.7 Å². The van der Waals surface area contributed by atoms with Crippen LogP contribution in [-0.2, 0) is 38.1 Å². The van der Waals surface area contributed by atoms with Gasteiger partial charge in [0.1, 0.15) is 17.9 Å². The smallest absolute Gasteiger partial charge is 0.354 e. The maximum Gasteiger partial charge on any atom is 0.354 e. The lowest BCUT2D eigenvalue weighted by molar-refractivity contribution is -0.251. The molecule has 1 aromatic rings. The van der Waals surface area contributed by atoms with E-state index in [2.05, 4.69) is 26.1 Å². The summed E-state index contributed by atoms with van der Waals surface area (Å²) in [6.07, 6.45) is 1.73. The number of benzene rings is 1. The second-order valence-corrected chi connectivity index (χ2v) is 20.8. The van der Waals surface area contributed by atoms with Gasteiger partial charge in [0.2, 0.25) is 5.91 Å². The monoisotopic (exact) mass is 851 g/mol. The Kier molecular flexibility index (Phi) is 12.9. The Labute approximate surface area is 360 Å². The van der Waals surface area contributed by atoms with Gasteiger partial charge >= 0.3 is 17.9 Å². The van der Waals surface area contributed by atoms with Crippen LogP contribution in [-0.4, -0.2) is 93.3 Å². The lowest BCUT2D eigenvalue weighted by Gasteiger charge is -2.64. The zero-order valence-corrected chi connectivity index (χ0v) is 37.7. The molecule has 4 aliphatic carbocycles. The van der Waals surface area contributed by atoms with Crippen LogP contribution in [0.4, 0.5) is 0 Å².